The van der Waals surface area contributed by atoms with Gasteiger partial charge >= 0.3 is 0 Å². The molecule has 0 spiro atoms. The first kappa shape index (κ1) is 12.1. The molecule has 1 atom stereocenters. The Bertz CT molecular complexity index is 338. The Morgan fingerprint density at radius 2 is 2.31 bits per heavy atom. The predicted molar refractivity (Wildman–Crippen MR) is 69.1 cm³/mol. The zero-order chi connectivity index (χ0) is 11.6. The minimum atomic E-state index is 0.0472. The van der Waals surface area contributed by atoms with Crippen LogP contribution in [0.5, 0.6) is 0 Å². The van der Waals surface area contributed by atoms with Gasteiger partial charge in [0.2, 0.25) is 0 Å². The quantitative estimate of drug-likeness (QED) is 0.851. The van der Waals surface area contributed by atoms with Crippen molar-refractivity contribution in [2.45, 2.75) is 44.8 Å². The summed E-state index contributed by atoms with van der Waals surface area (Å²) >= 11 is 1.85. The lowest BCUT2D eigenvalue weighted by atomic mass is 9.73. The zero-order valence-electron chi connectivity index (χ0n) is 10.4. The van der Waals surface area contributed by atoms with Gasteiger partial charge in [-0.05, 0) is 49.7 Å². The molecule has 2 rings (SSSR count). The highest BCUT2D eigenvalue weighted by Crippen LogP contribution is 2.46. The highest BCUT2D eigenvalue weighted by molar-refractivity contribution is 7.10. The van der Waals surface area contributed by atoms with Crippen LogP contribution >= 0.6 is 11.3 Å². The third-order valence-electron chi connectivity index (χ3n) is 3.70. The first-order valence-corrected chi connectivity index (χ1v) is 6.94. The van der Waals surface area contributed by atoms with E-state index in [-0.39, 0.29) is 5.60 Å². The molecule has 1 fully saturated rings. The van der Waals surface area contributed by atoms with Gasteiger partial charge in [-0.25, -0.2) is 0 Å². The number of nitrogens with one attached hydrogen (secondary N) is 1. The van der Waals surface area contributed by atoms with Crippen LogP contribution in [0, 0.1) is 6.92 Å². The van der Waals surface area contributed by atoms with Gasteiger partial charge < -0.3 is 10.1 Å². The van der Waals surface area contributed by atoms with Crippen molar-refractivity contribution in [3.8, 4) is 0 Å². The summed E-state index contributed by atoms with van der Waals surface area (Å²) in [5.41, 5.74) is 1.44. The largest absolute Gasteiger partial charge is 0.376 e. The lowest BCUT2D eigenvalue weighted by Crippen LogP contribution is -2.50. The standard InChI is InChI=1S/C13H21NOS/c1-4-14-12(11-10(2)6-9-16-11)13(15-3)7-5-8-13/h6,9,12,14H,4-5,7-8H2,1-3H3. The molecule has 0 aromatic carbocycles. The van der Waals surface area contributed by atoms with Gasteiger partial charge in [-0.2, -0.15) is 0 Å². The van der Waals surface area contributed by atoms with Crippen LogP contribution in [0.2, 0.25) is 0 Å². The number of hydrogen-bond acceptors (Lipinski definition) is 3. The second kappa shape index (κ2) is 4.86. The van der Waals surface area contributed by atoms with Crippen LogP contribution in [-0.2, 0) is 4.74 Å². The maximum absolute atomic E-state index is 5.81. The summed E-state index contributed by atoms with van der Waals surface area (Å²) in [7, 11) is 1.85. The molecule has 16 heavy (non-hydrogen) atoms. The third kappa shape index (κ3) is 1.92. The molecule has 1 aromatic heterocycles. The van der Waals surface area contributed by atoms with Gasteiger partial charge in [0.05, 0.1) is 11.6 Å². The molecule has 0 amide bonds. The minimum Gasteiger partial charge on any atom is -0.376 e. The van der Waals surface area contributed by atoms with Crippen LogP contribution in [0.15, 0.2) is 11.4 Å². The van der Waals surface area contributed by atoms with Crippen LogP contribution in [0.4, 0.5) is 0 Å². The molecule has 1 aromatic rings. The van der Waals surface area contributed by atoms with Crippen LogP contribution in [0.3, 0.4) is 0 Å². The highest BCUT2D eigenvalue weighted by atomic mass is 32.1. The Labute approximate surface area is 102 Å². The lowest BCUT2D eigenvalue weighted by molar-refractivity contribution is -0.0988. The third-order valence-corrected chi connectivity index (χ3v) is 4.79. The monoisotopic (exact) mass is 239 g/mol. The lowest BCUT2D eigenvalue weighted by Gasteiger charge is -2.46. The van der Waals surface area contributed by atoms with Crippen LogP contribution in [0.1, 0.15) is 42.7 Å². The Morgan fingerprint density at radius 1 is 1.56 bits per heavy atom. The van der Waals surface area contributed by atoms with Crippen molar-refractivity contribution in [1.29, 1.82) is 0 Å². The molecule has 0 radical (unpaired) electrons. The van der Waals surface area contributed by atoms with Gasteiger partial charge in [0.1, 0.15) is 0 Å². The van der Waals surface area contributed by atoms with Gasteiger partial charge in [-0.1, -0.05) is 6.92 Å². The summed E-state index contributed by atoms with van der Waals surface area (Å²) in [6, 6.07) is 2.57. The number of rotatable bonds is 5. The van der Waals surface area contributed by atoms with E-state index < -0.39 is 0 Å². The van der Waals surface area contributed by atoms with Gasteiger partial charge in [-0.3, -0.25) is 0 Å². The molecule has 1 unspecified atom stereocenters. The normalized spacial score (nSPS) is 20.4. The Kier molecular flexibility index (Phi) is 3.67. The van der Waals surface area contributed by atoms with E-state index in [0.29, 0.717) is 6.04 Å². The summed E-state index contributed by atoms with van der Waals surface area (Å²) in [4.78, 5) is 1.45. The first-order valence-electron chi connectivity index (χ1n) is 6.06. The van der Waals surface area contributed by atoms with Crippen LogP contribution in [-0.4, -0.2) is 19.3 Å². The molecular formula is C13H21NOS. The number of likely N-dealkylation sites (N-methyl/N-ethyl adjacent to an activating group) is 1. The number of hydrogen-bond donors (Lipinski definition) is 1. The molecule has 1 N–H and O–H groups in total. The number of ether oxygens (including phenoxy) is 1. The van der Waals surface area contributed by atoms with Crippen molar-refractivity contribution in [2.75, 3.05) is 13.7 Å². The summed E-state index contributed by atoms with van der Waals surface area (Å²) in [6.07, 6.45) is 3.65. The summed E-state index contributed by atoms with van der Waals surface area (Å²) < 4.78 is 5.81. The second-order valence-electron chi connectivity index (χ2n) is 4.58. The summed E-state index contributed by atoms with van der Waals surface area (Å²) in [5.74, 6) is 0. The number of methoxy groups -OCH3 is 1. The maximum Gasteiger partial charge on any atom is 0.0880 e. The molecule has 3 heteroatoms. The molecular weight excluding hydrogens is 218 g/mol. The Balaban J connectivity index is 2.26. The van der Waals surface area contributed by atoms with E-state index >= 15 is 0 Å². The van der Waals surface area contributed by atoms with Crippen molar-refractivity contribution in [1.82, 2.24) is 5.32 Å². The first-order chi connectivity index (χ1) is 7.73. The van der Waals surface area contributed by atoms with E-state index in [2.05, 4.69) is 30.6 Å². The van der Waals surface area contributed by atoms with Gasteiger partial charge in [0, 0.05) is 12.0 Å². The minimum absolute atomic E-state index is 0.0472. The fourth-order valence-corrected chi connectivity index (χ4v) is 3.64. The molecule has 1 aliphatic rings. The Morgan fingerprint density at radius 3 is 2.69 bits per heavy atom. The molecule has 0 bridgehead atoms. The fraction of sp³-hybridized carbons (Fsp3) is 0.692. The molecule has 0 saturated heterocycles. The maximum atomic E-state index is 5.81. The molecule has 90 valence electrons. The van der Waals surface area contributed by atoms with E-state index in [1.54, 1.807) is 0 Å². The summed E-state index contributed by atoms with van der Waals surface area (Å²) in [6.45, 7) is 5.35. The van der Waals surface area contributed by atoms with Crippen LogP contribution in [0.25, 0.3) is 0 Å². The molecule has 2 nitrogen and oxygen atoms in total. The summed E-state index contributed by atoms with van der Waals surface area (Å²) in [5, 5.41) is 5.78. The Hall–Kier alpha value is -0.380. The average Bonchev–Trinajstić information content (AvgIpc) is 2.62. The van der Waals surface area contributed by atoms with Gasteiger partial charge in [-0.15, -0.1) is 11.3 Å². The van der Waals surface area contributed by atoms with Crippen molar-refractivity contribution in [3.05, 3.63) is 21.9 Å². The molecule has 1 aliphatic carbocycles. The van der Waals surface area contributed by atoms with Crippen LogP contribution < -0.4 is 5.32 Å². The van der Waals surface area contributed by atoms with Crippen molar-refractivity contribution >= 4 is 11.3 Å². The number of thiophene rings is 1. The fourth-order valence-electron chi connectivity index (χ4n) is 2.54. The van der Waals surface area contributed by atoms with E-state index in [9.17, 15) is 0 Å². The zero-order valence-corrected chi connectivity index (χ0v) is 11.2. The highest BCUT2D eigenvalue weighted by Gasteiger charge is 2.45. The topological polar surface area (TPSA) is 21.3 Å². The molecule has 0 aliphatic heterocycles. The van der Waals surface area contributed by atoms with Crippen molar-refractivity contribution < 1.29 is 4.74 Å². The second-order valence-corrected chi connectivity index (χ2v) is 5.53. The molecule has 1 heterocycles. The average molecular weight is 239 g/mol. The van der Waals surface area contributed by atoms with Gasteiger partial charge in [0.25, 0.3) is 0 Å². The predicted octanol–water partition coefficient (Wildman–Crippen LogP) is 3.28. The van der Waals surface area contributed by atoms with Gasteiger partial charge in [0.15, 0.2) is 0 Å². The number of aryl methyl sites for hydroxylation is 1. The van der Waals surface area contributed by atoms with E-state index in [4.69, 9.17) is 4.74 Å². The van der Waals surface area contributed by atoms with E-state index in [1.165, 1.54) is 29.7 Å². The van der Waals surface area contributed by atoms with Crippen molar-refractivity contribution in [2.24, 2.45) is 0 Å². The van der Waals surface area contributed by atoms with E-state index in [1.807, 2.05) is 18.4 Å². The van der Waals surface area contributed by atoms with Crippen molar-refractivity contribution in [3.63, 3.8) is 0 Å². The van der Waals surface area contributed by atoms with E-state index in [0.717, 1.165) is 6.54 Å². The molecule has 1 saturated carbocycles. The SMILES string of the molecule is CCNC(c1sccc1C)C1(OC)CCC1. The smallest absolute Gasteiger partial charge is 0.0880 e.